The van der Waals surface area contributed by atoms with Gasteiger partial charge >= 0.3 is 5.69 Å². The van der Waals surface area contributed by atoms with E-state index in [0.717, 1.165) is 54.7 Å². The quantitative estimate of drug-likeness (QED) is 0.693. The second kappa shape index (κ2) is 8.46. The van der Waals surface area contributed by atoms with Gasteiger partial charge in [-0.05, 0) is 80.2 Å². The van der Waals surface area contributed by atoms with Crippen molar-refractivity contribution in [3.05, 3.63) is 34.7 Å². The molecule has 2 aromatic rings. The second-order valence-electron chi connectivity index (χ2n) is 10.7. The van der Waals surface area contributed by atoms with Crippen LogP contribution in [-0.2, 0) is 0 Å². The number of para-hydroxylation sites is 2. The predicted molar refractivity (Wildman–Crippen MR) is 127 cm³/mol. The zero-order chi connectivity index (χ0) is 21.2. The lowest BCUT2D eigenvalue weighted by Crippen LogP contribution is -2.43. The molecule has 3 aliphatic carbocycles. The van der Waals surface area contributed by atoms with E-state index >= 15 is 0 Å². The third-order valence-electron chi connectivity index (χ3n) is 9.40. The molecule has 0 unspecified atom stereocenters. The molecule has 6 rings (SSSR count). The molecule has 3 saturated carbocycles. The van der Waals surface area contributed by atoms with Gasteiger partial charge in [0.25, 0.3) is 0 Å². The van der Waals surface area contributed by atoms with Gasteiger partial charge in [-0.15, -0.1) is 12.4 Å². The van der Waals surface area contributed by atoms with Gasteiger partial charge in [-0.3, -0.25) is 9.13 Å². The number of hydrogen-bond donors (Lipinski definition) is 2. The third-order valence-corrected chi connectivity index (χ3v) is 9.40. The number of aliphatic hydroxyl groups is 2. The van der Waals surface area contributed by atoms with Crippen molar-refractivity contribution in [3.8, 4) is 0 Å². The van der Waals surface area contributed by atoms with Gasteiger partial charge in [-0.2, -0.15) is 0 Å². The van der Waals surface area contributed by atoms with Crippen LogP contribution in [0.1, 0.15) is 57.0 Å². The number of hydrogen-bond acceptors (Lipinski definition) is 4. The van der Waals surface area contributed by atoms with E-state index in [4.69, 9.17) is 0 Å². The zero-order valence-electron chi connectivity index (χ0n) is 18.7. The Balaban J connectivity index is 0.00000216. The summed E-state index contributed by atoms with van der Waals surface area (Å²) >= 11 is 0. The molecular weight excluding hydrogens is 426 g/mol. The van der Waals surface area contributed by atoms with Crippen LogP contribution in [0.2, 0.25) is 0 Å². The Morgan fingerprint density at radius 1 is 1.00 bits per heavy atom. The summed E-state index contributed by atoms with van der Waals surface area (Å²) in [6.45, 7) is 2.90. The van der Waals surface area contributed by atoms with Crippen molar-refractivity contribution in [2.45, 2.75) is 57.0 Å². The molecular formula is C25H36ClN3O3. The maximum atomic E-state index is 13.4. The number of imidazole rings is 1. The third kappa shape index (κ3) is 3.29. The van der Waals surface area contributed by atoms with E-state index in [1.807, 2.05) is 28.8 Å². The molecule has 176 valence electrons. The molecule has 1 saturated heterocycles. The Kier molecular flexibility index (Phi) is 5.94. The molecule has 1 aromatic carbocycles. The van der Waals surface area contributed by atoms with Crippen LogP contribution < -0.4 is 5.69 Å². The minimum absolute atomic E-state index is 0. The number of piperidine rings is 1. The van der Waals surface area contributed by atoms with Crippen molar-refractivity contribution < 1.29 is 10.2 Å². The average Bonchev–Trinajstić information content (AvgIpc) is 3.20. The molecule has 4 fully saturated rings. The van der Waals surface area contributed by atoms with Gasteiger partial charge in [0.2, 0.25) is 0 Å². The minimum atomic E-state index is -0.591. The number of aliphatic hydroxyl groups excluding tert-OH is 2. The summed E-state index contributed by atoms with van der Waals surface area (Å²) in [5.74, 6) is 2.91. The topological polar surface area (TPSA) is 70.6 Å². The molecule has 1 aromatic heterocycles. The van der Waals surface area contributed by atoms with Gasteiger partial charge in [0.1, 0.15) is 0 Å². The van der Waals surface area contributed by atoms with Gasteiger partial charge in [-0.25, -0.2) is 4.79 Å². The summed E-state index contributed by atoms with van der Waals surface area (Å²) < 4.78 is 3.53. The molecule has 0 amide bonds. The largest absolute Gasteiger partial charge is 0.394 e. The molecule has 2 bridgehead atoms. The summed E-state index contributed by atoms with van der Waals surface area (Å²) in [6, 6.07) is 7.39. The fourth-order valence-electron chi connectivity index (χ4n) is 7.69. The minimum Gasteiger partial charge on any atom is -0.394 e. The van der Waals surface area contributed by atoms with Gasteiger partial charge in [0.05, 0.1) is 30.3 Å². The van der Waals surface area contributed by atoms with Crippen LogP contribution in [0.3, 0.4) is 0 Å². The van der Waals surface area contributed by atoms with Crippen LogP contribution in [0.4, 0.5) is 0 Å². The molecule has 7 heteroatoms. The fourth-order valence-corrected chi connectivity index (χ4v) is 7.69. The van der Waals surface area contributed by atoms with Crippen LogP contribution >= 0.6 is 12.4 Å². The first-order valence-electron chi connectivity index (χ1n) is 12.3. The van der Waals surface area contributed by atoms with Crippen LogP contribution in [0.25, 0.3) is 11.0 Å². The van der Waals surface area contributed by atoms with E-state index in [1.165, 1.54) is 38.6 Å². The number of benzene rings is 1. The smallest absolute Gasteiger partial charge is 0.329 e. The monoisotopic (exact) mass is 461 g/mol. The Bertz CT molecular complexity index is 1020. The molecule has 1 spiro atoms. The lowest BCUT2D eigenvalue weighted by molar-refractivity contribution is 0.100. The summed E-state index contributed by atoms with van der Waals surface area (Å²) in [6.07, 6.45) is 9.36. The van der Waals surface area contributed by atoms with Gasteiger partial charge in [0, 0.05) is 25.7 Å². The highest BCUT2D eigenvalue weighted by molar-refractivity contribution is 5.85. The highest BCUT2D eigenvalue weighted by Gasteiger charge is 2.63. The summed E-state index contributed by atoms with van der Waals surface area (Å²) in [4.78, 5) is 16.1. The number of likely N-dealkylation sites (tertiary alicyclic amines) is 1. The van der Waals surface area contributed by atoms with E-state index in [0.29, 0.717) is 5.41 Å². The SMILES string of the molecule is Cl.O=c1n(C(CO)CO)c2ccccc2n1C1CCN(C[C@H]2[C@H]3CC[C@H](C3)C23CC3)CC1. The van der Waals surface area contributed by atoms with Crippen LogP contribution in [0.5, 0.6) is 0 Å². The summed E-state index contributed by atoms with van der Waals surface area (Å²) in [7, 11) is 0. The van der Waals surface area contributed by atoms with Crippen molar-refractivity contribution in [2.75, 3.05) is 32.8 Å². The number of nitrogens with zero attached hydrogens (tertiary/aromatic N) is 3. The molecule has 2 N–H and O–H groups in total. The zero-order valence-corrected chi connectivity index (χ0v) is 19.6. The van der Waals surface area contributed by atoms with Gasteiger partial charge in [0.15, 0.2) is 0 Å². The van der Waals surface area contributed by atoms with Crippen molar-refractivity contribution in [1.82, 2.24) is 14.0 Å². The van der Waals surface area contributed by atoms with E-state index < -0.39 is 6.04 Å². The number of aromatic nitrogens is 2. The normalized spacial score (nSPS) is 29.3. The second-order valence-corrected chi connectivity index (χ2v) is 10.7. The lowest BCUT2D eigenvalue weighted by Gasteiger charge is -2.39. The number of fused-ring (bicyclic) bond motifs is 4. The maximum Gasteiger partial charge on any atom is 0.329 e. The van der Waals surface area contributed by atoms with Crippen LogP contribution in [0, 0.1) is 23.2 Å². The highest BCUT2D eigenvalue weighted by atomic mass is 35.5. The predicted octanol–water partition coefficient (Wildman–Crippen LogP) is 3.21. The first-order valence-corrected chi connectivity index (χ1v) is 12.3. The van der Waals surface area contributed by atoms with Crippen LogP contribution in [-0.4, -0.2) is 57.1 Å². The van der Waals surface area contributed by atoms with Crippen molar-refractivity contribution in [1.29, 1.82) is 0 Å². The first-order chi connectivity index (χ1) is 15.2. The Morgan fingerprint density at radius 3 is 2.34 bits per heavy atom. The number of rotatable bonds is 6. The van der Waals surface area contributed by atoms with Crippen molar-refractivity contribution in [3.63, 3.8) is 0 Å². The summed E-state index contributed by atoms with van der Waals surface area (Å²) in [5, 5.41) is 19.4. The molecule has 4 aliphatic rings. The standard InChI is InChI=1S/C25H35N3O3.ClH/c29-15-20(16-30)28-23-4-2-1-3-22(23)27(24(28)31)19-7-11-26(12-8-19)14-21-17-5-6-18(13-17)25(21)9-10-25;/h1-4,17-21,29-30H,5-16H2;1H/t17-,18+,21-;/m0./s1. The van der Waals surface area contributed by atoms with Crippen molar-refractivity contribution in [2.24, 2.45) is 23.2 Å². The summed E-state index contributed by atoms with van der Waals surface area (Å²) in [5.41, 5.74) is 2.34. The van der Waals surface area contributed by atoms with Crippen molar-refractivity contribution >= 4 is 23.4 Å². The molecule has 6 nitrogen and oxygen atoms in total. The lowest BCUT2D eigenvalue weighted by atomic mass is 9.76. The first kappa shape index (κ1) is 22.5. The van der Waals surface area contributed by atoms with Crippen LogP contribution in [0.15, 0.2) is 29.1 Å². The molecule has 3 atom stereocenters. The van der Waals surface area contributed by atoms with E-state index in [1.54, 1.807) is 4.57 Å². The molecule has 1 aliphatic heterocycles. The average molecular weight is 462 g/mol. The Morgan fingerprint density at radius 2 is 1.69 bits per heavy atom. The maximum absolute atomic E-state index is 13.4. The fraction of sp³-hybridized carbons (Fsp3) is 0.720. The molecule has 0 radical (unpaired) electrons. The van der Waals surface area contributed by atoms with E-state index in [-0.39, 0.29) is 37.4 Å². The van der Waals surface area contributed by atoms with E-state index in [2.05, 4.69) is 4.90 Å². The Hall–Kier alpha value is -1.34. The molecule has 2 heterocycles. The Labute approximate surface area is 195 Å². The highest BCUT2D eigenvalue weighted by Crippen LogP contribution is 2.71. The number of halogens is 1. The van der Waals surface area contributed by atoms with Gasteiger partial charge < -0.3 is 15.1 Å². The van der Waals surface area contributed by atoms with Gasteiger partial charge in [-0.1, -0.05) is 12.1 Å². The van der Waals surface area contributed by atoms with E-state index in [9.17, 15) is 15.0 Å². The molecule has 32 heavy (non-hydrogen) atoms.